The molecule has 7 heteroatoms. The SMILES string of the molecule is COc1cc2cc(CN3CCN(C)CC3)ccc2n1S(=O)(=O)c1cccc(C)c1. The molecular formula is C22H27N3O3S. The Labute approximate surface area is 172 Å². The van der Waals surface area contributed by atoms with Crippen LogP contribution in [0.4, 0.5) is 0 Å². The minimum Gasteiger partial charge on any atom is -0.481 e. The van der Waals surface area contributed by atoms with E-state index in [-0.39, 0.29) is 4.90 Å². The maximum absolute atomic E-state index is 13.3. The Hall–Kier alpha value is -2.35. The zero-order chi connectivity index (χ0) is 20.6. The van der Waals surface area contributed by atoms with Gasteiger partial charge in [0.05, 0.1) is 17.5 Å². The van der Waals surface area contributed by atoms with Crippen molar-refractivity contribution in [1.82, 2.24) is 13.8 Å². The van der Waals surface area contributed by atoms with Crippen molar-refractivity contribution in [2.24, 2.45) is 0 Å². The molecule has 1 aliphatic heterocycles. The fraction of sp³-hybridized carbons (Fsp3) is 0.364. The van der Waals surface area contributed by atoms with E-state index in [0.29, 0.717) is 11.4 Å². The van der Waals surface area contributed by atoms with Gasteiger partial charge in [-0.25, -0.2) is 12.4 Å². The van der Waals surface area contributed by atoms with Gasteiger partial charge in [0.15, 0.2) is 0 Å². The molecule has 29 heavy (non-hydrogen) atoms. The Morgan fingerprint density at radius 1 is 1.00 bits per heavy atom. The molecule has 0 N–H and O–H groups in total. The number of hydrogen-bond donors (Lipinski definition) is 0. The predicted octanol–water partition coefficient (Wildman–Crippen LogP) is 2.94. The van der Waals surface area contributed by atoms with Gasteiger partial charge < -0.3 is 9.64 Å². The van der Waals surface area contributed by atoms with Crippen LogP contribution in [0.2, 0.25) is 0 Å². The third kappa shape index (κ3) is 3.90. The Bertz CT molecular complexity index is 1130. The number of rotatable bonds is 5. The van der Waals surface area contributed by atoms with Gasteiger partial charge in [0.25, 0.3) is 10.0 Å². The van der Waals surface area contributed by atoms with Crippen LogP contribution in [0.15, 0.2) is 53.4 Å². The Morgan fingerprint density at radius 3 is 2.45 bits per heavy atom. The lowest BCUT2D eigenvalue weighted by Crippen LogP contribution is -2.43. The average molecular weight is 414 g/mol. The lowest BCUT2D eigenvalue weighted by molar-refractivity contribution is 0.148. The number of aryl methyl sites for hydroxylation is 1. The molecule has 3 aromatic rings. The second-order valence-electron chi connectivity index (χ2n) is 7.75. The molecule has 0 spiro atoms. The van der Waals surface area contributed by atoms with Crippen molar-refractivity contribution in [2.75, 3.05) is 40.3 Å². The standard InChI is InChI=1S/C22H27N3O3S/c1-17-5-4-6-20(13-17)29(26,27)25-21-8-7-18(14-19(21)15-22(25)28-3)16-24-11-9-23(2)10-12-24/h4-8,13-15H,9-12,16H2,1-3H3. The fourth-order valence-electron chi connectivity index (χ4n) is 3.85. The van der Waals surface area contributed by atoms with Crippen LogP contribution in [0.1, 0.15) is 11.1 Å². The van der Waals surface area contributed by atoms with Gasteiger partial charge in [-0.15, -0.1) is 0 Å². The molecule has 0 atom stereocenters. The number of fused-ring (bicyclic) bond motifs is 1. The normalized spacial score (nSPS) is 16.4. The summed E-state index contributed by atoms with van der Waals surface area (Å²) in [6.45, 7) is 6.97. The van der Waals surface area contributed by atoms with Crippen molar-refractivity contribution >= 4 is 20.9 Å². The van der Waals surface area contributed by atoms with Crippen LogP contribution >= 0.6 is 0 Å². The van der Waals surface area contributed by atoms with Crippen molar-refractivity contribution in [1.29, 1.82) is 0 Å². The van der Waals surface area contributed by atoms with Gasteiger partial charge in [0.1, 0.15) is 0 Å². The van der Waals surface area contributed by atoms with Gasteiger partial charge in [-0.3, -0.25) is 4.90 Å². The van der Waals surface area contributed by atoms with E-state index in [1.807, 2.05) is 25.1 Å². The van der Waals surface area contributed by atoms with Gasteiger partial charge in [-0.1, -0.05) is 18.2 Å². The third-order valence-electron chi connectivity index (χ3n) is 5.53. The fourth-order valence-corrected chi connectivity index (χ4v) is 5.43. The number of likely N-dealkylation sites (N-methyl/N-ethyl adjacent to an activating group) is 1. The molecule has 1 aromatic heterocycles. The summed E-state index contributed by atoms with van der Waals surface area (Å²) < 4.78 is 33.4. The smallest absolute Gasteiger partial charge is 0.271 e. The molecule has 1 saturated heterocycles. The summed E-state index contributed by atoms with van der Waals surface area (Å²) in [6, 6.07) is 14.7. The number of piperazine rings is 1. The molecule has 6 nitrogen and oxygen atoms in total. The molecule has 2 heterocycles. The summed E-state index contributed by atoms with van der Waals surface area (Å²) in [4.78, 5) is 5.02. The highest BCUT2D eigenvalue weighted by Crippen LogP contribution is 2.31. The predicted molar refractivity (Wildman–Crippen MR) is 115 cm³/mol. The highest BCUT2D eigenvalue weighted by atomic mass is 32.2. The second-order valence-corrected chi connectivity index (χ2v) is 9.53. The van der Waals surface area contributed by atoms with E-state index in [9.17, 15) is 8.42 Å². The monoisotopic (exact) mass is 413 g/mol. The highest BCUT2D eigenvalue weighted by molar-refractivity contribution is 7.90. The number of ether oxygens (including phenoxy) is 1. The molecular weight excluding hydrogens is 386 g/mol. The minimum absolute atomic E-state index is 0.259. The number of benzene rings is 2. The Kier molecular flexibility index (Phi) is 5.38. The molecule has 0 saturated carbocycles. The Balaban J connectivity index is 1.72. The van der Waals surface area contributed by atoms with E-state index in [1.165, 1.54) is 16.6 Å². The zero-order valence-corrected chi connectivity index (χ0v) is 17.9. The van der Waals surface area contributed by atoms with Gasteiger partial charge in [0, 0.05) is 44.2 Å². The van der Waals surface area contributed by atoms with Crippen LogP contribution in [0.5, 0.6) is 5.88 Å². The third-order valence-corrected chi connectivity index (χ3v) is 7.24. The van der Waals surface area contributed by atoms with Crippen LogP contribution in [0, 0.1) is 6.92 Å². The number of methoxy groups -OCH3 is 1. The molecule has 4 rings (SSSR count). The van der Waals surface area contributed by atoms with E-state index in [2.05, 4.69) is 22.9 Å². The van der Waals surface area contributed by atoms with Crippen LogP contribution < -0.4 is 4.74 Å². The van der Waals surface area contributed by atoms with Crippen molar-refractivity contribution < 1.29 is 13.2 Å². The first-order chi connectivity index (χ1) is 13.9. The van der Waals surface area contributed by atoms with E-state index < -0.39 is 10.0 Å². The number of hydrogen-bond acceptors (Lipinski definition) is 5. The lowest BCUT2D eigenvalue weighted by Gasteiger charge is -2.32. The largest absolute Gasteiger partial charge is 0.481 e. The van der Waals surface area contributed by atoms with Crippen LogP contribution in [-0.4, -0.2) is 62.5 Å². The summed E-state index contributed by atoms with van der Waals surface area (Å²) in [5.74, 6) is 0.318. The summed E-state index contributed by atoms with van der Waals surface area (Å²) in [7, 11) is -0.110. The summed E-state index contributed by atoms with van der Waals surface area (Å²) in [5, 5.41) is 0.865. The van der Waals surface area contributed by atoms with Crippen molar-refractivity contribution in [3.8, 4) is 5.88 Å². The maximum Gasteiger partial charge on any atom is 0.271 e. The van der Waals surface area contributed by atoms with Crippen LogP contribution in [0.25, 0.3) is 10.9 Å². The van der Waals surface area contributed by atoms with Gasteiger partial charge in [-0.2, -0.15) is 0 Å². The van der Waals surface area contributed by atoms with E-state index in [4.69, 9.17) is 4.74 Å². The average Bonchev–Trinajstić information content (AvgIpc) is 3.08. The lowest BCUT2D eigenvalue weighted by atomic mass is 10.1. The molecule has 154 valence electrons. The minimum atomic E-state index is -3.76. The molecule has 2 aromatic carbocycles. The molecule has 1 aliphatic rings. The van der Waals surface area contributed by atoms with Crippen LogP contribution in [-0.2, 0) is 16.6 Å². The molecule has 0 bridgehead atoms. The number of aromatic nitrogens is 1. The first-order valence-corrected chi connectivity index (χ1v) is 11.2. The van der Waals surface area contributed by atoms with Crippen molar-refractivity contribution in [2.45, 2.75) is 18.4 Å². The Morgan fingerprint density at radius 2 is 1.76 bits per heavy atom. The molecule has 0 amide bonds. The highest BCUT2D eigenvalue weighted by Gasteiger charge is 2.24. The summed E-state index contributed by atoms with van der Waals surface area (Å²) in [5.41, 5.74) is 2.70. The first kappa shape index (κ1) is 19.9. The topological polar surface area (TPSA) is 54.8 Å². The maximum atomic E-state index is 13.3. The van der Waals surface area contributed by atoms with Crippen LogP contribution in [0.3, 0.4) is 0 Å². The summed E-state index contributed by atoms with van der Waals surface area (Å²) in [6.07, 6.45) is 0. The van der Waals surface area contributed by atoms with Gasteiger partial charge in [0.2, 0.25) is 5.88 Å². The van der Waals surface area contributed by atoms with E-state index >= 15 is 0 Å². The molecule has 1 fully saturated rings. The van der Waals surface area contributed by atoms with Gasteiger partial charge >= 0.3 is 0 Å². The van der Waals surface area contributed by atoms with E-state index in [0.717, 1.165) is 43.7 Å². The quantitative estimate of drug-likeness (QED) is 0.644. The van der Waals surface area contributed by atoms with E-state index in [1.54, 1.807) is 24.3 Å². The van der Waals surface area contributed by atoms with Gasteiger partial charge in [-0.05, 0) is 49.4 Å². The zero-order valence-electron chi connectivity index (χ0n) is 17.1. The summed E-state index contributed by atoms with van der Waals surface area (Å²) >= 11 is 0. The molecule has 0 aliphatic carbocycles. The van der Waals surface area contributed by atoms with Crippen molar-refractivity contribution in [3.05, 3.63) is 59.7 Å². The number of nitrogens with zero attached hydrogens (tertiary/aromatic N) is 3. The van der Waals surface area contributed by atoms with Crippen molar-refractivity contribution in [3.63, 3.8) is 0 Å². The second kappa shape index (κ2) is 7.82. The molecule has 0 radical (unpaired) electrons. The first-order valence-electron chi connectivity index (χ1n) is 9.80. The molecule has 0 unspecified atom stereocenters.